The molecule has 0 saturated carbocycles. The Hall–Kier alpha value is -1.46. The lowest BCUT2D eigenvalue weighted by molar-refractivity contribution is 0.276. The van der Waals surface area contributed by atoms with E-state index in [0.717, 1.165) is 16.6 Å². The van der Waals surface area contributed by atoms with Crippen LogP contribution in [0.1, 0.15) is 18.2 Å². The zero-order chi connectivity index (χ0) is 9.97. The van der Waals surface area contributed by atoms with Gasteiger partial charge in [-0.25, -0.2) is 0 Å². The fraction of sp³-hybridized carbons (Fsp3) is 0.333. The fourth-order valence-corrected chi connectivity index (χ4v) is 1.44. The highest BCUT2D eigenvalue weighted by Crippen LogP contribution is 2.20. The van der Waals surface area contributed by atoms with Crippen molar-refractivity contribution in [3.05, 3.63) is 24.2 Å². The molecule has 5 nitrogen and oxygen atoms in total. The molecule has 0 aliphatic heterocycles. The highest BCUT2D eigenvalue weighted by atomic mass is 16.3. The van der Waals surface area contributed by atoms with E-state index in [1.807, 2.05) is 6.07 Å². The van der Waals surface area contributed by atoms with Crippen LogP contribution < -0.4 is 5.73 Å². The molecule has 0 fully saturated rings. The minimum atomic E-state index is -0.214. The molecule has 0 spiro atoms. The summed E-state index contributed by atoms with van der Waals surface area (Å²) in [6, 6.07) is 1.61. The lowest BCUT2D eigenvalue weighted by Gasteiger charge is -2.06. The Morgan fingerprint density at radius 3 is 3.21 bits per heavy atom. The molecule has 0 aliphatic rings. The Labute approximate surface area is 81.0 Å². The molecule has 1 atom stereocenters. The number of rotatable bonds is 3. The molecule has 0 radical (unpaired) electrons. The normalized spacial score (nSPS) is 13.3. The Morgan fingerprint density at radius 2 is 2.43 bits per heavy atom. The third-order valence-electron chi connectivity index (χ3n) is 2.20. The molecule has 1 unspecified atom stereocenters. The van der Waals surface area contributed by atoms with E-state index in [0.29, 0.717) is 6.42 Å². The summed E-state index contributed by atoms with van der Waals surface area (Å²) >= 11 is 0. The van der Waals surface area contributed by atoms with Crippen LogP contribution in [-0.4, -0.2) is 26.9 Å². The number of H-pyrrole nitrogens is 1. The second-order valence-corrected chi connectivity index (χ2v) is 3.15. The quantitative estimate of drug-likeness (QED) is 0.654. The number of pyridine rings is 1. The number of nitrogens with two attached hydrogens (primary N) is 1. The van der Waals surface area contributed by atoms with Gasteiger partial charge in [0, 0.05) is 30.4 Å². The van der Waals surface area contributed by atoms with E-state index in [9.17, 15) is 0 Å². The average Bonchev–Trinajstić information content (AvgIpc) is 2.61. The van der Waals surface area contributed by atoms with Crippen LogP contribution in [0, 0.1) is 0 Å². The molecule has 2 heterocycles. The van der Waals surface area contributed by atoms with Gasteiger partial charge in [0.2, 0.25) is 0 Å². The number of aromatic nitrogens is 3. The van der Waals surface area contributed by atoms with E-state index < -0.39 is 0 Å². The maximum Gasteiger partial charge on any atom is 0.0955 e. The smallest absolute Gasteiger partial charge is 0.0955 e. The number of hydrogen-bond donors (Lipinski definition) is 3. The van der Waals surface area contributed by atoms with Crippen LogP contribution in [0.5, 0.6) is 0 Å². The minimum absolute atomic E-state index is 0.0714. The Morgan fingerprint density at radius 1 is 1.57 bits per heavy atom. The van der Waals surface area contributed by atoms with Gasteiger partial charge >= 0.3 is 0 Å². The van der Waals surface area contributed by atoms with Crippen molar-refractivity contribution in [3.63, 3.8) is 0 Å². The molecule has 0 aromatic carbocycles. The molecule has 4 N–H and O–H groups in total. The maximum absolute atomic E-state index is 8.78. The molecule has 2 aromatic rings. The Bertz CT molecular complexity index is 425. The van der Waals surface area contributed by atoms with Crippen molar-refractivity contribution in [2.24, 2.45) is 5.73 Å². The summed E-state index contributed by atoms with van der Waals surface area (Å²) in [5, 5.41) is 16.7. The number of aromatic amines is 1. The largest absolute Gasteiger partial charge is 0.396 e. The predicted octanol–water partition coefficient (Wildman–Crippen LogP) is 0.340. The summed E-state index contributed by atoms with van der Waals surface area (Å²) in [6.07, 6.45) is 3.93. The first-order chi connectivity index (χ1) is 6.83. The molecule has 0 aliphatic carbocycles. The van der Waals surface area contributed by atoms with Crippen LogP contribution >= 0.6 is 0 Å². The summed E-state index contributed by atoms with van der Waals surface area (Å²) in [5.74, 6) is 0. The summed E-state index contributed by atoms with van der Waals surface area (Å²) in [4.78, 5) is 4.01. The van der Waals surface area contributed by atoms with E-state index in [1.165, 1.54) is 0 Å². The van der Waals surface area contributed by atoms with Gasteiger partial charge in [-0.05, 0) is 12.5 Å². The van der Waals surface area contributed by atoms with Crippen LogP contribution in [0.15, 0.2) is 18.5 Å². The van der Waals surface area contributed by atoms with E-state index >= 15 is 0 Å². The Balaban J connectivity index is 2.42. The third kappa shape index (κ3) is 1.47. The SMILES string of the molecule is NC(CCO)c1[nH]nc2ccncc12. The summed E-state index contributed by atoms with van der Waals surface area (Å²) in [7, 11) is 0. The van der Waals surface area contributed by atoms with Crippen LogP contribution in [0.2, 0.25) is 0 Å². The molecule has 0 saturated heterocycles. The topological polar surface area (TPSA) is 87.8 Å². The minimum Gasteiger partial charge on any atom is -0.396 e. The molecule has 0 amide bonds. The summed E-state index contributed by atoms with van der Waals surface area (Å²) in [6.45, 7) is 0.0714. The van der Waals surface area contributed by atoms with Gasteiger partial charge in [-0.2, -0.15) is 5.10 Å². The first-order valence-electron chi connectivity index (χ1n) is 4.47. The Kier molecular flexibility index (Phi) is 2.43. The molecular weight excluding hydrogens is 180 g/mol. The van der Waals surface area contributed by atoms with Gasteiger partial charge < -0.3 is 10.8 Å². The van der Waals surface area contributed by atoms with E-state index in [4.69, 9.17) is 10.8 Å². The van der Waals surface area contributed by atoms with Crippen molar-refractivity contribution in [2.75, 3.05) is 6.61 Å². The van der Waals surface area contributed by atoms with Gasteiger partial charge in [-0.15, -0.1) is 0 Å². The molecular formula is C9H12N4O. The number of hydrogen-bond acceptors (Lipinski definition) is 4. The molecule has 14 heavy (non-hydrogen) atoms. The lowest BCUT2D eigenvalue weighted by atomic mass is 10.1. The van der Waals surface area contributed by atoms with Crippen molar-refractivity contribution >= 4 is 10.9 Å². The summed E-state index contributed by atoms with van der Waals surface area (Å²) in [5.41, 5.74) is 7.54. The van der Waals surface area contributed by atoms with Gasteiger partial charge in [-0.3, -0.25) is 10.1 Å². The van der Waals surface area contributed by atoms with Crippen LogP contribution in [-0.2, 0) is 0 Å². The van der Waals surface area contributed by atoms with E-state index in [-0.39, 0.29) is 12.6 Å². The zero-order valence-corrected chi connectivity index (χ0v) is 7.64. The van der Waals surface area contributed by atoms with Gasteiger partial charge in [0.1, 0.15) is 0 Å². The first kappa shape index (κ1) is 9.11. The van der Waals surface area contributed by atoms with Gasteiger partial charge in [0.15, 0.2) is 0 Å². The van der Waals surface area contributed by atoms with Crippen LogP contribution in [0.25, 0.3) is 10.9 Å². The van der Waals surface area contributed by atoms with Crippen molar-refractivity contribution in [1.82, 2.24) is 15.2 Å². The standard InChI is InChI=1S/C9H12N4O/c10-7(2-4-14)9-6-5-11-3-1-8(6)12-13-9/h1,3,5,7,14H,2,4,10H2,(H,12,13). The molecule has 2 aromatic heterocycles. The molecule has 5 heteroatoms. The van der Waals surface area contributed by atoms with E-state index in [2.05, 4.69) is 15.2 Å². The van der Waals surface area contributed by atoms with E-state index in [1.54, 1.807) is 12.4 Å². The number of fused-ring (bicyclic) bond motifs is 1. The lowest BCUT2D eigenvalue weighted by Crippen LogP contribution is -2.12. The van der Waals surface area contributed by atoms with Gasteiger partial charge in [0.05, 0.1) is 11.2 Å². The van der Waals surface area contributed by atoms with Crippen molar-refractivity contribution in [3.8, 4) is 0 Å². The van der Waals surface area contributed by atoms with Crippen molar-refractivity contribution in [2.45, 2.75) is 12.5 Å². The van der Waals surface area contributed by atoms with Gasteiger partial charge in [-0.1, -0.05) is 0 Å². The van der Waals surface area contributed by atoms with Gasteiger partial charge in [0.25, 0.3) is 0 Å². The molecule has 74 valence electrons. The number of aliphatic hydroxyl groups is 1. The maximum atomic E-state index is 8.78. The molecule has 2 rings (SSSR count). The number of aliphatic hydroxyl groups excluding tert-OH is 1. The number of nitrogens with zero attached hydrogens (tertiary/aromatic N) is 2. The third-order valence-corrected chi connectivity index (χ3v) is 2.20. The zero-order valence-electron chi connectivity index (χ0n) is 7.64. The summed E-state index contributed by atoms with van der Waals surface area (Å²) < 4.78 is 0. The highest BCUT2D eigenvalue weighted by molar-refractivity contribution is 5.80. The van der Waals surface area contributed by atoms with Crippen molar-refractivity contribution < 1.29 is 5.11 Å². The van der Waals surface area contributed by atoms with Crippen LogP contribution in [0.4, 0.5) is 0 Å². The van der Waals surface area contributed by atoms with Crippen molar-refractivity contribution in [1.29, 1.82) is 0 Å². The second kappa shape index (κ2) is 3.73. The van der Waals surface area contributed by atoms with Crippen LogP contribution in [0.3, 0.4) is 0 Å². The molecule has 0 bridgehead atoms. The fourth-order valence-electron chi connectivity index (χ4n) is 1.44. The monoisotopic (exact) mass is 192 g/mol. The first-order valence-corrected chi connectivity index (χ1v) is 4.47. The predicted molar refractivity (Wildman–Crippen MR) is 52.5 cm³/mol. The number of nitrogens with one attached hydrogen (secondary N) is 1. The average molecular weight is 192 g/mol. The highest BCUT2D eigenvalue weighted by Gasteiger charge is 2.11. The second-order valence-electron chi connectivity index (χ2n) is 3.15.